The zero-order valence-corrected chi connectivity index (χ0v) is 12.2. The standard InChI is InChI=1S/C16H22N2O2/c1-13(2)20-11-3-10-18-16(19)9-8-14-4-6-15(12-17)7-5-14/h4-7,13H,3,8-11H2,1-2H3,(H,18,19). The van der Waals surface area contributed by atoms with Crippen LogP contribution in [0.25, 0.3) is 0 Å². The van der Waals surface area contributed by atoms with Gasteiger partial charge in [-0.2, -0.15) is 5.26 Å². The number of nitriles is 1. The van der Waals surface area contributed by atoms with E-state index in [0.717, 1.165) is 12.0 Å². The molecule has 20 heavy (non-hydrogen) atoms. The summed E-state index contributed by atoms with van der Waals surface area (Å²) in [6.45, 7) is 5.32. The van der Waals surface area contributed by atoms with Crippen LogP contribution < -0.4 is 5.32 Å². The molecule has 1 rings (SSSR count). The monoisotopic (exact) mass is 274 g/mol. The summed E-state index contributed by atoms with van der Waals surface area (Å²) in [6, 6.07) is 9.41. The van der Waals surface area contributed by atoms with Gasteiger partial charge in [-0.15, -0.1) is 0 Å². The van der Waals surface area contributed by atoms with Crippen molar-refractivity contribution in [3.8, 4) is 6.07 Å². The first kappa shape index (κ1) is 16.2. The molecule has 0 atom stereocenters. The summed E-state index contributed by atoms with van der Waals surface area (Å²) in [5.41, 5.74) is 1.71. The molecule has 0 aliphatic rings. The fourth-order valence-corrected chi connectivity index (χ4v) is 1.71. The van der Waals surface area contributed by atoms with E-state index in [-0.39, 0.29) is 12.0 Å². The zero-order valence-electron chi connectivity index (χ0n) is 12.2. The second kappa shape index (κ2) is 9.11. The number of aryl methyl sites for hydroxylation is 1. The maximum absolute atomic E-state index is 11.6. The second-order valence-corrected chi connectivity index (χ2v) is 4.93. The Morgan fingerprint density at radius 1 is 1.35 bits per heavy atom. The molecule has 108 valence electrons. The lowest BCUT2D eigenvalue weighted by molar-refractivity contribution is -0.121. The number of carbonyl (C=O) groups is 1. The highest BCUT2D eigenvalue weighted by molar-refractivity contribution is 5.76. The van der Waals surface area contributed by atoms with Crippen LogP contribution in [0, 0.1) is 11.3 Å². The molecule has 4 heteroatoms. The van der Waals surface area contributed by atoms with E-state index >= 15 is 0 Å². The Morgan fingerprint density at radius 3 is 2.65 bits per heavy atom. The zero-order chi connectivity index (χ0) is 14.8. The highest BCUT2D eigenvalue weighted by atomic mass is 16.5. The normalized spacial score (nSPS) is 10.3. The molecule has 0 spiro atoms. The van der Waals surface area contributed by atoms with E-state index in [0.29, 0.717) is 31.6 Å². The Hall–Kier alpha value is -1.86. The van der Waals surface area contributed by atoms with E-state index in [1.54, 1.807) is 12.1 Å². The Kier molecular flexibility index (Phi) is 7.38. The molecule has 0 fully saturated rings. The lowest BCUT2D eigenvalue weighted by atomic mass is 10.1. The first-order valence-electron chi connectivity index (χ1n) is 6.99. The summed E-state index contributed by atoms with van der Waals surface area (Å²) < 4.78 is 5.40. The number of benzene rings is 1. The van der Waals surface area contributed by atoms with E-state index in [1.165, 1.54) is 0 Å². The number of amides is 1. The third kappa shape index (κ3) is 6.91. The predicted octanol–water partition coefficient (Wildman–Crippen LogP) is 2.42. The number of nitrogens with one attached hydrogen (secondary N) is 1. The summed E-state index contributed by atoms with van der Waals surface area (Å²) >= 11 is 0. The maximum Gasteiger partial charge on any atom is 0.220 e. The summed E-state index contributed by atoms with van der Waals surface area (Å²) in [5.74, 6) is 0.0545. The average molecular weight is 274 g/mol. The molecule has 0 aliphatic heterocycles. The number of rotatable bonds is 8. The van der Waals surface area contributed by atoms with Gasteiger partial charge in [-0.3, -0.25) is 4.79 Å². The molecular formula is C16H22N2O2. The topological polar surface area (TPSA) is 62.1 Å². The van der Waals surface area contributed by atoms with Gasteiger partial charge in [0.25, 0.3) is 0 Å². The minimum Gasteiger partial charge on any atom is -0.379 e. The van der Waals surface area contributed by atoms with Gasteiger partial charge in [-0.05, 0) is 44.4 Å². The van der Waals surface area contributed by atoms with Gasteiger partial charge >= 0.3 is 0 Å². The van der Waals surface area contributed by atoms with Gasteiger partial charge < -0.3 is 10.1 Å². The number of hydrogen-bond acceptors (Lipinski definition) is 3. The van der Waals surface area contributed by atoms with Crippen molar-refractivity contribution in [3.63, 3.8) is 0 Å². The molecule has 1 aromatic rings. The van der Waals surface area contributed by atoms with Crippen molar-refractivity contribution in [1.29, 1.82) is 5.26 Å². The van der Waals surface area contributed by atoms with Gasteiger partial charge in [0.05, 0.1) is 17.7 Å². The summed E-state index contributed by atoms with van der Waals surface area (Å²) in [7, 11) is 0. The van der Waals surface area contributed by atoms with Crippen molar-refractivity contribution in [1.82, 2.24) is 5.32 Å². The molecule has 1 N–H and O–H groups in total. The molecule has 0 aliphatic carbocycles. The van der Waals surface area contributed by atoms with E-state index in [4.69, 9.17) is 10.00 Å². The van der Waals surface area contributed by atoms with Gasteiger partial charge in [0.2, 0.25) is 5.91 Å². The Bertz CT molecular complexity index is 447. The number of hydrogen-bond donors (Lipinski definition) is 1. The van der Waals surface area contributed by atoms with Crippen molar-refractivity contribution < 1.29 is 9.53 Å². The molecule has 0 heterocycles. The summed E-state index contributed by atoms with van der Waals surface area (Å²) in [5, 5.41) is 11.6. The summed E-state index contributed by atoms with van der Waals surface area (Å²) in [6.07, 6.45) is 2.24. The van der Waals surface area contributed by atoms with Crippen LogP contribution in [0.3, 0.4) is 0 Å². The smallest absolute Gasteiger partial charge is 0.220 e. The van der Waals surface area contributed by atoms with Crippen LogP contribution in [0.2, 0.25) is 0 Å². The van der Waals surface area contributed by atoms with Crippen molar-refractivity contribution >= 4 is 5.91 Å². The van der Waals surface area contributed by atoms with Crippen molar-refractivity contribution in [3.05, 3.63) is 35.4 Å². The molecule has 0 radical (unpaired) electrons. The SMILES string of the molecule is CC(C)OCCCNC(=O)CCc1ccc(C#N)cc1. The fraction of sp³-hybridized carbons (Fsp3) is 0.500. The van der Waals surface area contributed by atoms with Gasteiger partial charge in [-0.25, -0.2) is 0 Å². The first-order valence-corrected chi connectivity index (χ1v) is 6.99. The number of nitrogens with zero attached hydrogens (tertiary/aromatic N) is 1. The minimum absolute atomic E-state index is 0.0545. The predicted molar refractivity (Wildman–Crippen MR) is 78.2 cm³/mol. The Balaban J connectivity index is 2.14. The maximum atomic E-state index is 11.6. The third-order valence-corrected chi connectivity index (χ3v) is 2.82. The van der Waals surface area contributed by atoms with Gasteiger partial charge in [0.1, 0.15) is 0 Å². The molecule has 0 bridgehead atoms. The molecule has 0 saturated carbocycles. The van der Waals surface area contributed by atoms with Crippen molar-refractivity contribution in [2.45, 2.75) is 39.2 Å². The minimum atomic E-state index is 0.0545. The van der Waals surface area contributed by atoms with Crippen LogP contribution in [0.4, 0.5) is 0 Å². The van der Waals surface area contributed by atoms with Gasteiger partial charge in [0, 0.05) is 19.6 Å². The highest BCUT2D eigenvalue weighted by Crippen LogP contribution is 2.05. The fourth-order valence-electron chi connectivity index (χ4n) is 1.71. The summed E-state index contributed by atoms with van der Waals surface area (Å²) in [4.78, 5) is 11.6. The van der Waals surface area contributed by atoms with E-state index in [2.05, 4.69) is 11.4 Å². The largest absolute Gasteiger partial charge is 0.379 e. The van der Waals surface area contributed by atoms with Crippen LogP contribution in [-0.2, 0) is 16.0 Å². The van der Waals surface area contributed by atoms with Crippen LogP contribution in [0.5, 0.6) is 0 Å². The van der Waals surface area contributed by atoms with Crippen molar-refractivity contribution in [2.75, 3.05) is 13.2 Å². The Morgan fingerprint density at radius 2 is 2.05 bits per heavy atom. The molecule has 4 nitrogen and oxygen atoms in total. The van der Waals surface area contributed by atoms with Crippen LogP contribution in [0.1, 0.15) is 37.8 Å². The molecule has 0 aromatic heterocycles. The van der Waals surface area contributed by atoms with E-state index in [9.17, 15) is 4.79 Å². The molecule has 0 unspecified atom stereocenters. The highest BCUT2D eigenvalue weighted by Gasteiger charge is 2.02. The number of ether oxygens (including phenoxy) is 1. The van der Waals surface area contributed by atoms with Crippen LogP contribution in [-0.4, -0.2) is 25.2 Å². The molecule has 0 saturated heterocycles. The lowest BCUT2D eigenvalue weighted by Crippen LogP contribution is -2.25. The quantitative estimate of drug-likeness (QED) is 0.740. The van der Waals surface area contributed by atoms with Crippen LogP contribution >= 0.6 is 0 Å². The molecule has 1 aromatic carbocycles. The second-order valence-electron chi connectivity index (χ2n) is 4.93. The van der Waals surface area contributed by atoms with E-state index in [1.807, 2.05) is 26.0 Å². The van der Waals surface area contributed by atoms with Crippen LogP contribution in [0.15, 0.2) is 24.3 Å². The molecular weight excluding hydrogens is 252 g/mol. The Labute approximate surface area is 120 Å². The van der Waals surface area contributed by atoms with E-state index < -0.39 is 0 Å². The number of carbonyl (C=O) groups excluding carboxylic acids is 1. The lowest BCUT2D eigenvalue weighted by Gasteiger charge is -2.08. The molecule has 1 amide bonds. The van der Waals surface area contributed by atoms with Crippen molar-refractivity contribution in [2.24, 2.45) is 0 Å². The third-order valence-electron chi connectivity index (χ3n) is 2.82. The van der Waals surface area contributed by atoms with Gasteiger partial charge in [-0.1, -0.05) is 12.1 Å². The van der Waals surface area contributed by atoms with Gasteiger partial charge in [0.15, 0.2) is 0 Å². The first-order chi connectivity index (χ1) is 9.61. The average Bonchev–Trinajstić information content (AvgIpc) is 2.45.